The topological polar surface area (TPSA) is 66.7 Å². The van der Waals surface area contributed by atoms with E-state index in [2.05, 4.69) is 10.5 Å². The molecule has 1 N–H and O–H groups in total. The van der Waals surface area contributed by atoms with E-state index >= 15 is 0 Å². The van der Waals surface area contributed by atoms with Crippen molar-refractivity contribution in [3.8, 4) is 0 Å². The molecule has 7 heteroatoms. The Morgan fingerprint density at radius 2 is 1.92 bits per heavy atom. The summed E-state index contributed by atoms with van der Waals surface area (Å²) in [5, 5.41) is 4.30. The van der Waals surface area contributed by atoms with Gasteiger partial charge in [-0.25, -0.2) is 5.43 Å². The fraction of sp³-hybridized carbons (Fsp3) is 0.500. The monoisotopic (exact) mass is 360 g/mol. The molecular weight excluding hydrogens is 336 g/mol. The summed E-state index contributed by atoms with van der Waals surface area (Å²) < 4.78 is 3.11. The molecule has 2 aromatic rings. The predicted octanol–water partition coefficient (Wildman–Crippen LogP) is 2.07. The van der Waals surface area contributed by atoms with E-state index in [4.69, 9.17) is 0 Å². The molecule has 0 atom stereocenters. The molecule has 2 amide bonds. The smallest absolute Gasteiger partial charge is 0.243 e. The molecule has 0 radical (unpaired) electrons. The van der Waals surface area contributed by atoms with Crippen LogP contribution in [0.4, 0.5) is 0 Å². The summed E-state index contributed by atoms with van der Waals surface area (Å²) in [6, 6.07) is 8.06. The molecule has 1 aliphatic heterocycles. The molecule has 1 aromatic carbocycles. The van der Waals surface area contributed by atoms with Gasteiger partial charge in [0.2, 0.25) is 16.6 Å². The van der Waals surface area contributed by atoms with E-state index in [-0.39, 0.29) is 23.7 Å². The molecule has 3 rings (SSSR count). The fourth-order valence-corrected chi connectivity index (χ4v) is 4.09. The van der Waals surface area contributed by atoms with Crippen molar-refractivity contribution in [1.29, 1.82) is 0 Å². The lowest BCUT2D eigenvalue weighted by Gasteiger charge is -2.32. The molecule has 0 aliphatic carbocycles. The van der Waals surface area contributed by atoms with Crippen molar-refractivity contribution < 1.29 is 9.59 Å². The second-order valence-electron chi connectivity index (χ2n) is 6.75. The minimum Gasteiger partial charge on any atom is -0.342 e. The number of para-hydroxylation sites is 1. The number of nitrogens with one attached hydrogen (secondary N) is 1. The van der Waals surface area contributed by atoms with Crippen molar-refractivity contribution in [3.05, 3.63) is 29.1 Å². The zero-order valence-electron chi connectivity index (χ0n) is 14.9. The molecule has 0 bridgehead atoms. The van der Waals surface area contributed by atoms with Crippen LogP contribution in [0.15, 0.2) is 29.4 Å². The number of carbonyl (C=O) groups is 2. The second-order valence-corrected chi connectivity index (χ2v) is 7.76. The Hall–Kier alpha value is -2.15. The number of fused-ring (bicyclic) bond motifs is 1. The summed E-state index contributed by atoms with van der Waals surface area (Å²) in [5.41, 5.74) is 3.81. The van der Waals surface area contributed by atoms with Gasteiger partial charge < -0.3 is 9.47 Å². The minimum atomic E-state index is -0.0837. The van der Waals surface area contributed by atoms with Crippen molar-refractivity contribution in [2.45, 2.75) is 26.7 Å². The van der Waals surface area contributed by atoms with Gasteiger partial charge >= 0.3 is 0 Å². The molecule has 1 aliphatic rings. The first-order chi connectivity index (χ1) is 12.0. The standard InChI is InChI=1S/C18H24N4O2S/c1-12(2)17(24)22-10-8-13(9-11-22)16(23)19-20-18-21(3)14-6-4-5-7-15(14)25-18/h4-7,12-13H,8-11H2,1-3H3,(H,19,23)/b20-18-. The van der Waals surface area contributed by atoms with Crippen molar-refractivity contribution in [1.82, 2.24) is 14.9 Å². The molecule has 25 heavy (non-hydrogen) atoms. The van der Waals surface area contributed by atoms with Gasteiger partial charge in [-0.05, 0) is 25.0 Å². The van der Waals surface area contributed by atoms with Crippen LogP contribution >= 0.6 is 11.3 Å². The van der Waals surface area contributed by atoms with Crippen molar-refractivity contribution in [3.63, 3.8) is 0 Å². The second kappa shape index (κ2) is 7.39. The Labute approximate surface area is 151 Å². The highest BCUT2D eigenvalue weighted by atomic mass is 32.1. The SMILES string of the molecule is CC(C)C(=O)N1CCC(C(=O)N/N=c2\sc3ccccc3n2C)CC1. The van der Waals surface area contributed by atoms with E-state index in [1.54, 1.807) is 11.3 Å². The van der Waals surface area contributed by atoms with Crippen LogP contribution in [-0.2, 0) is 16.6 Å². The number of thiazole rings is 1. The molecule has 1 saturated heterocycles. The normalized spacial score (nSPS) is 16.6. The van der Waals surface area contributed by atoms with Gasteiger partial charge in [0, 0.05) is 32.0 Å². The molecule has 0 unspecified atom stereocenters. The maximum Gasteiger partial charge on any atom is 0.243 e. The Balaban J connectivity index is 1.63. The molecule has 6 nitrogen and oxygen atoms in total. The Morgan fingerprint density at radius 3 is 2.56 bits per heavy atom. The van der Waals surface area contributed by atoms with Crippen LogP contribution in [0, 0.1) is 11.8 Å². The Bertz CT molecular complexity index is 844. The molecule has 1 fully saturated rings. The number of likely N-dealkylation sites (tertiary alicyclic amines) is 1. The van der Waals surface area contributed by atoms with Gasteiger partial charge in [-0.1, -0.05) is 37.3 Å². The molecule has 1 aromatic heterocycles. The highest BCUT2D eigenvalue weighted by Gasteiger charge is 2.28. The quantitative estimate of drug-likeness (QED) is 0.852. The first kappa shape index (κ1) is 17.7. The summed E-state index contributed by atoms with van der Waals surface area (Å²) in [7, 11) is 1.94. The van der Waals surface area contributed by atoms with E-state index in [0.717, 1.165) is 15.0 Å². The molecule has 0 spiro atoms. The number of carbonyl (C=O) groups excluding carboxylic acids is 2. The third kappa shape index (κ3) is 3.76. The lowest BCUT2D eigenvalue weighted by molar-refractivity contribution is -0.138. The highest BCUT2D eigenvalue weighted by molar-refractivity contribution is 7.16. The van der Waals surface area contributed by atoms with E-state index < -0.39 is 0 Å². The van der Waals surface area contributed by atoms with Gasteiger partial charge in [-0.3, -0.25) is 9.59 Å². The Morgan fingerprint density at radius 1 is 1.24 bits per heavy atom. The van der Waals surface area contributed by atoms with E-state index in [1.807, 2.05) is 54.6 Å². The zero-order chi connectivity index (χ0) is 18.0. The van der Waals surface area contributed by atoms with E-state index in [0.29, 0.717) is 25.9 Å². The molecule has 134 valence electrons. The van der Waals surface area contributed by atoms with Crippen LogP contribution in [0.2, 0.25) is 0 Å². The van der Waals surface area contributed by atoms with Crippen molar-refractivity contribution >= 4 is 33.4 Å². The number of benzene rings is 1. The fourth-order valence-electron chi connectivity index (χ4n) is 3.11. The molecule has 0 saturated carbocycles. The van der Waals surface area contributed by atoms with E-state index in [9.17, 15) is 9.59 Å². The number of piperidine rings is 1. The van der Waals surface area contributed by atoms with Gasteiger partial charge in [0.25, 0.3) is 0 Å². The number of aromatic nitrogens is 1. The average Bonchev–Trinajstić information content (AvgIpc) is 2.95. The van der Waals surface area contributed by atoms with Crippen LogP contribution in [0.3, 0.4) is 0 Å². The van der Waals surface area contributed by atoms with Crippen molar-refractivity contribution in [2.75, 3.05) is 13.1 Å². The molecule has 2 heterocycles. The van der Waals surface area contributed by atoms with Crippen LogP contribution in [0.5, 0.6) is 0 Å². The van der Waals surface area contributed by atoms with Gasteiger partial charge in [-0.15, -0.1) is 5.10 Å². The predicted molar refractivity (Wildman–Crippen MR) is 98.6 cm³/mol. The first-order valence-electron chi connectivity index (χ1n) is 8.64. The maximum absolute atomic E-state index is 12.4. The largest absolute Gasteiger partial charge is 0.342 e. The molecular formula is C18H24N4O2S. The van der Waals surface area contributed by atoms with Gasteiger partial charge in [0.05, 0.1) is 10.2 Å². The minimum absolute atomic E-state index is 0.00772. The number of rotatable bonds is 3. The van der Waals surface area contributed by atoms with Crippen LogP contribution in [0.1, 0.15) is 26.7 Å². The summed E-state index contributed by atoms with van der Waals surface area (Å²) in [6.07, 6.45) is 1.39. The number of hydrogen-bond acceptors (Lipinski definition) is 4. The van der Waals surface area contributed by atoms with Gasteiger partial charge in [0.15, 0.2) is 0 Å². The maximum atomic E-state index is 12.4. The number of amides is 2. The average molecular weight is 360 g/mol. The summed E-state index contributed by atoms with van der Waals surface area (Å²) in [4.78, 5) is 27.0. The van der Waals surface area contributed by atoms with Gasteiger partial charge in [0.1, 0.15) is 0 Å². The Kier molecular flexibility index (Phi) is 5.22. The number of hydrogen-bond donors (Lipinski definition) is 1. The van der Waals surface area contributed by atoms with Gasteiger partial charge in [-0.2, -0.15) is 0 Å². The van der Waals surface area contributed by atoms with E-state index in [1.165, 1.54) is 0 Å². The lowest BCUT2D eigenvalue weighted by atomic mass is 9.95. The van der Waals surface area contributed by atoms with Crippen LogP contribution < -0.4 is 10.2 Å². The van der Waals surface area contributed by atoms with Crippen LogP contribution in [0.25, 0.3) is 10.2 Å². The number of nitrogens with zero attached hydrogens (tertiary/aromatic N) is 3. The summed E-state index contributed by atoms with van der Waals surface area (Å²) in [6.45, 7) is 5.10. The summed E-state index contributed by atoms with van der Waals surface area (Å²) in [5.74, 6) is 0.0305. The highest BCUT2D eigenvalue weighted by Crippen LogP contribution is 2.19. The third-order valence-electron chi connectivity index (χ3n) is 4.65. The number of aryl methyl sites for hydroxylation is 1. The third-order valence-corrected chi connectivity index (χ3v) is 5.76. The summed E-state index contributed by atoms with van der Waals surface area (Å²) >= 11 is 1.55. The lowest BCUT2D eigenvalue weighted by Crippen LogP contribution is -2.43. The van der Waals surface area contributed by atoms with Crippen LogP contribution in [-0.4, -0.2) is 34.4 Å². The zero-order valence-corrected chi connectivity index (χ0v) is 15.7. The first-order valence-corrected chi connectivity index (χ1v) is 9.46. The van der Waals surface area contributed by atoms with Crippen molar-refractivity contribution in [2.24, 2.45) is 24.0 Å².